The SMILES string of the molecule is COc1cc(CNC2CCCC2)cc(Br)c1OCc1ccc(F)cc1. The molecule has 2 aromatic rings. The average Bonchev–Trinajstić information content (AvgIpc) is 3.13. The third kappa shape index (κ3) is 4.95. The topological polar surface area (TPSA) is 30.5 Å². The number of ether oxygens (including phenoxy) is 2. The summed E-state index contributed by atoms with van der Waals surface area (Å²) >= 11 is 3.58. The quantitative estimate of drug-likeness (QED) is 0.683. The first kappa shape index (κ1) is 18.2. The third-order valence-electron chi connectivity index (χ3n) is 4.54. The predicted octanol–water partition coefficient (Wildman–Crippen LogP) is 5.21. The maximum absolute atomic E-state index is 13.0. The van der Waals surface area contributed by atoms with Crippen LogP contribution >= 0.6 is 15.9 Å². The largest absolute Gasteiger partial charge is 0.493 e. The lowest BCUT2D eigenvalue weighted by Gasteiger charge is -2.16. The van der Waals surface area contributed by atoms with Gasteiger partial charge in [-0.25, -0.2) is 4.39 Å². The van der Waals surface area contributed by atoms with Crippen molar-refractivity contribution in [2.24, 2.45) is 0 Å². The fourth-order valence-electron chi connectivity index (χ4n) is 3.14. The number of rotatable bonds is 7. The van der Waals surface area contributed by atoms with Gasteiger partial charge in [0.25, 0.3) is 0 Å². The summed E-state index contributed by atoms with van der Waals surface area (Å²) in [5, 5.41) is 3.61. The molecule has 0 aromatic heterocycles. The first-order chi connectivity index (χ1) is 12.2. The number of halogens is 2. The van der Waals surface area contributed by atoms with Gasteiger partial charge in [-0.1, -0.05) is 25.0 Å². The molecule has 25 heavy (non-hydrogen) atoms. The zero-order chi connectivity index (χ0) is 17.6. The second-order valence-corrected chi connectivity index (χ2v) is 7.24. The summed E-state index contributed by atoms with van der Waals surface area (Å²) in [6.07, 6.45) is 5.16. The van der Waals surface area contributed by atoms with E-state index in [1.54, 1.807) is 19.2 Å². The van der Waals surface area contributed by atoms with Gasteiger partial charge in [0.2, 0.25) is 0 Å². The minimum absolute atomic E-state index is 0.248. The summed E-state index contributed by atoms with van der Waals surface area (Å²) in [7, 11) is 1.64. The third-order valence-corrected chi connectivity index (χ3v) is 5.12. The summed E-state index contributed by atoms with van der Waals surface area (Å²) in [5.41, 5.74) is 2.06. The van der Waals surface area contributed by atoms with Crippen molar-refractivity contribution in [2.75, 3.05) is 7.11 Å². The zero-order valence-corrected chi connectivity index (χ0v) is 15.9. The molecule has 0 amide bonds. The Morgan fingerprint density at radius 1 is 1.12 bits per heavy atom. The van der Waals surface area contributed by atoms with Crippen LogP contribution in [-0.2, 0) is 13.2 Å². The smallest absolute Gasteiger partial charge is 0.175 e. The Morgan fingerprint density at radius 2 is 1.84 bits per heavy atom. The molecule has 2 aromatic carbocycles. The number of benzene rings is 2. The van der Waals surface area contributed by atoms with Gasteiger partial charge in [-0.3, -0.25) is 0 Å². The lowest BCUT2D eigenvalue weighted by atomic mass is 10.1. The Hall–Kier alpha value is -1.59. The van der Waals surface area contributed by atoms with Crippen LogP contribution in [-0.4, -0.2) is 13.2 Å². The summed E-state index contributed by atoms with van der Waals surface area (Å²) in [6, 6.07) is 11.0. The van der Waals surface area contributed by atoms with Crippen molar-refractivity contribution in [3.05, 3.63) is 57.8 Å². The fourth-order valence-corrected chi connectivity index (χ4v) is 3.75. The van der Waals surface area contributed by atoms with E-state index in [0.29, 0.717) is 24.1 Å². The van der Waals surface area contributed by atoms with E-state index in [9.17, 15) is 4.39 Å². The fraction of sp³-hybridized carbons (Fsp3) is 0.400. The van der Waals surface area contributed by atoms with Crippen LogP contribution in [0.4, 0.5) is 4.39 Å². The Balaban J connectivity index is 1.67. The summed E-state index contributed by atoms with van der Waals surface area (Å²) < 4.78 is 25.3. The minimum atomic E-state index is -0.248. The van der Waals surface area contributed by atoms with Crippen LogP contribution in [0.5, 0.6) is 11.5 Å². The molecular weight excluding hydrogens is 385 g/mol. The van der Waals surface area contributed by atoms with Crippen LogP contribution in [0, 0.1) is 5.82 Å². The maximum atomic E-state index is 13.0. The van der Waals surface area contributed by atoms with Crippen LogP contribution in [0.1, 0.15) is 36.8 Å². The standard InChI is InChI=1S/C20H23BrFNO2/c1-24-19-11-15(12-23-17-4-2-3-5-17)10-18(21)20(19)25-13-14-6-8-16(22)9-7-14/h6-11,17,23H,2-5,12-13H2,1H3. The number of methoxy groups -OCH3 is 1. The molecule has 134 valence electrons. The second-order valence-electron chi connectivity index (χ2n) is 6.39. The molecule has 0 atom stereocenters. The molecule has 3 rings (SSSR count). The molecule has 1 aliphatic rings. The van der Waals surface area contributed by atoms with Gasteiger partial charge in [-0.15, -0.1) is 0 Å². The first-order valence-electron chi connectivity index (χ1n) is 8.63. The van der Waals surface area contributed by atoms with Crippen molar-refractivity contribution in [3.63, 3.8) is 0 Å². The highest BCUT2D eigenvalue weighted by Gasteiger charge is 2.16. The van der Waals surface area contributed by atoms with Gasteiger partial charge in [0.15, 0.2) is 11.5 Å². The number of hydrogen-bond donors (Lipinski definition) is 1. The van der Waals surface area contributed by atoms with Crippen molar-refractivity contribution >= 4 is 15.9 Å². The van der Waals surface area contributed by atoms with Gasteiger partial charge in [0.1, 0.15) is 12.4 Å². The van der Waals surface area contributed by atoms with E-state index in [0.717, 1.165) is 22.1 Å². The van der Waals surface area contributed by atoms with Gasteiger partial charge < -0.3 is 14.8 Å². The van der Waals surface area contributed by atoms with Crippen LogP contribution in [0.3, 0.4) is 0 Å². The summed E-state index contributed by atoms with van der Waals surface area (Å²) in [6.45, 7) is 1.17. The van der Waals surface area contributed by atoms with E-state index in [1.807, 2.05) is 6.07 Å². The molecule has 0 aliphatic heterocycles. The van der Waals surface area contributed by atoms with Gasteiger partial charge in [0.05, 0.1) is 11.6 Å². The van der Waals surface area contributed by atoms with Crippen LogP contribution < -0.4 is 14.8 Å². The molecule has 1 fully saturated rings. The van der Waals surface area contributed by atoms with E-state index < -0.39 is 0 Å². The lowest BCUT2D eigenvalue weighted by Crippen LogP contribution is -2.25. The molecule has 0 saturated heterocycles. The van der Waals surface area contributed by atoms with Crippen molar-refractivity contribution < 1.29 is 13.9 Å². The van der Waals surface area contributed by atoms with Crippen molar-refractivity contribution in [1.82, 2.24) is 5.32 Å². The predicted molar refractivity (Wildman–Crippen MR) is 101 cm³/mol. The molecule has 1 aliphatic carbocycles. The molecule has 0 spiro atoms. The lowest BCUT2D eigenvalue weighted by molar-refractivity contribution is 0.282. The van der Waals surface area contributed by atoms with E-state index >= 15 is 0 Å². The average molecular weight is 408 g/mol. The van der Waals surface area contributed by atoms with E-state index in [1.165, 1.54) is 37.8 Å². The van der Waals surface area contributed by atoms with Gasteiger partial charge in [0, 0.05) is 12.6 Å². The van der Waals surface area contributed by atoms with Crippen LogP contribution in [0.25, 0.3) is 0 Å². The maximum Gasteiger partial charge on any atom is 0.175 e. The highest BCUT2D eigenvalue weighted by Crippen LogP contribution is 2.37. The van der Waals surface area contributed by atoms with Crippen LogP contribution in [0.2, 0.25) is 0 Å². The summed E-state index contributed by atoms with van der Waals surface area (Å²) in [4.78, 5) is 0. The van der Waals surface area contributed by atoms with Gasteiger partial charge in [-0.2, -0.15) is 0 Å². The molecule has 1 N–H and O–H groups in total. The highest BCUT2D eigenvalue weighted by atomic mass is 79.9. The van der Waals surface area contributed by atoms with E-state index in [-0.39, 0.29) is 5.82 Å². The minimum Gasteiger partial charge on any atom is -0.493 e. The Morgan fingerprint density at radius 3 is 2.52 bits per heavy atom. The molecule has 1 saturated carbocycles. The summed E-state index contributed by atoms with van der Waals surface area (Å²) in [5.74, 6) is 1.11. The highest BCUT2D eigenvalue weighted by molar-refractivity contribution is 9.10. The molecule has 0 bridgehead atoms. The Bertz CT molecular complexity index is 700. The number of hydrogen-bond acceptors (Lipinski definition) is 3. The van der Waals surface area contributed by atoms with Crippen LogP contribution in [0.15, 0.2) is 40.9 Å². The molecule has 0 unspecified atom stereocenters. The number of nitrogens with one attached hydrogen (secondary N) is 1. The van der Waals surface area contributed by atoms with Gasteiger partial charge >= 0.3 is 0 Å². The van der Waals surface area contributed by atoms with Gasteiger partial charge in [-0.05, 0) is 64.2 Å². The first-order valence-corrected chi connectivity index (χ1v) is 9.42. The normalized spacial score (nSPS) is 14.7. The van der Waals surface area contributed by atoms with E-state index in [2.05, 4.69) is 27.3 Å². The Labute approximate surface area is 156 Å². The van der Waals surface area contributed by atoms with Crippen molar-refractivity contribution in [3.8, 4) is 11.5 Å². The molecule has 5 heteroatoms. The second kappa shape index (κ2) is 8.68. The molecule has 3 nitrogen and oxygen atoms in total. The molecule has 0 heterocycles. The van der Waals surface area contributed by atoms with E-state index in [4.69, 9.17) is 9.47 Å². The zero-order valence-electron chi connectivity index (χ0n) is 14.4. The van der Waals surface area contributed by atoms with Crippen molar-refractivity contribution in [1.29, 1.82) is 0 Å². The van der Waals surface area contributed by atoms with Crippen molar-refractivity contribution in [2.45, 2.75) is 44.9 Å². The molecular formula is C20H23BrFNO2. The molecule has 0 radical (unpaired) electrons. The Kier molecular flexibility index (Phi) is 6.32. The monoisotopic (exact) mass is 407 g/mol.